The molecule has 3 rings (SSSR count). The Balaban J connectivity index is 1.79. The van der Waals surface area contributed by atoms with Crippen LogP contribution in [-0.2, 0) is 9.84 Å². The molecule has 1 amide bonds. The fourth-order valence-electron chi connectivity index (χ4n) is 3.94. The second-order valence-corrected chi connectivity index (χ2v) is 10.2. The third-order valence-electron chi connectivity index (χ3n) is 5.54. The van der Waals surface area contributed by atoms with E-state index < -0.39 is 15.9 Å². The molecule has 1 aromatic rings. The van der Waals surface area contributed by atoms with Crippen LogP contribution in [0.2, 0.25) is 0 Å². The zero-order valence-electron chi connectivity index (χ0n) is 17.3. The van der Waals surface area contributed by atoms with Crippen LogP contribution < -0.4 is 10.1 Å². The molecule has 1 N–H and O–H groups in total. The zero-order valence-corrected chi connectivity index (χ0v) is 18.1. The van der Waals surface area contributed by atoms with Gasteiger partial charge in [0, 0.05) is 29.8 Å². The van der Waals surface area contributed by atoms with E-state index in [-0.39, 0.29) is 12.0 Å². The molecule has 2 aliphatic carbocycles. The summed E-state index contributed by atoms with van der Waals surface area (Å²) < 4.78 is 28.8. The highest BCUT2D eigenvalue weighted by Gasteiger charge is 2.25. The van der Waals surface area contributed by atoms with Crippen LogP contribution in [0.3, 0.4) is 0 Å². The Morgan fingerprint density at radius 2 is 1.83 bits per heavy atom. The van der Waals surface area contributed by atoms with E-state index in [1.54, 1.807) is 13.1 Å². The topological polar surface area (TPSA) is 98.2 Å². The van der Waals surface area contributed by atoms with Crippen molar-refractivity contribution in [3.05, 3.63) is 29.1 Å². The molecule has 0 bridgehead atoms. The van der Waals surface area contributed by atoms with E-state index in [2.05, 4.69) is 15.3 Å². The molecular weight excluding hydrogens is 390 g/mol. The minimum absolute atomic E-state index is 0.0733. The Morgan fingerprint density at radius 1 is 1.17 bits per heavy atom. The Labute approximate surface area is 173 Å². The third kappa shape index (κ3) is 6.52. The predicted molar refractivity (Wildman–Crippen MR) is 112 cm³/mol. The van der Waals surface area contributed by atoms with E-state index in [9.17, 15) is 13.2 Å². The van der Waals surface area contributed by atoms with Gasteiger partial charge in [0.1, 0.15) is 17.5 Å². The molecule has 2 fully saturated rings. The number of rotatable bonds is 7. The van der Waals surface area contributed by atoms with Crippen LogP contribution in [0.15, 0.2) is 17.7 Å². The van der Waals surface area contributed by atoms with Crippen molar-refractivity contribution < 1.29 is 17.9 Å². The molecule has 1 heterocycles. The number of nitrogens with one attached hydrogen (secondary N) is 1. The molecule has 0 spiro atoms. The first-order valence-electron chi connectivity index (χ1n) is 10.5. The number of amides is 1. The number of carbonyl (C=O) groups excluding carboxylic acids is 1. The van der Waals surface area contributed by atoms with Gasteiger partial charge in [-0.3, -0.25) is 4.79 Å². The molecule has 29 heavy (non-hydrogen) atoms. The Hall–Kier alpha value is -1.96. The standard InChI is InChI=1S/C21H31N3O4S/c1-15(12-13-29(2,26)27)23-20(25)18-14-22-19(16-8-6-7-9-16)24-21(18)28-17-10-4-3-5-11-17/h12-17H,3-11H2,1-2H3,(H,23,25). The normalized spacial score (nSPS) is 20.1. The van der Waals surface area contributed by atoms with E-state index in [0.29, 0.717) is 17.4 Å². The summed E-state index contributed by atoms with van der Waals surface area (Å²) in [5, 5.41) is 3.88. The molecule has 0 radical (unpaired) electrons. The van der Waals surface area contributed by atoms with Gasteiger partial charge < -0.3 is 10.1 Å². The fourth-order valence-corrected chi connectivity index (χ4v) is 4.46. The minimum Gasteiger partial charge on any atom is -0.474 e. The van der Waals surface area contributed by atoms with Crippen LogP contribution in [0.25, 0.3) is 0 Å². The van der Waals surface area contributed by atoms with Crippen molar-refractivity contribution >= 4 is 15.7 Å². The van der Waals surface area contributed by atoms with E-state index in [1.807, 2.05) is 0 Å². The smallest absolute Gasteiger partial charge is 0.258 e. The first-order valence-corrected chi connectivity index (χ1v) is 12.5. The monoisotopic (exact) mass is 421 g/mol. The molecule has 1 unspecified atom stereocenters. The van der Waals surface area contributed by atoms with Gasteiger partial charge in [0.05, 0.1) is 0 Å². The van der Waals surface area contributed by atoms with Crippen molar-refractivity contribution in [3.63, 3.8) is 0 Å². The van der Waals surface area contributed by atoms with Gasteiger partial charge >= 0.3 is 0 Å². The minimum atomic E-state index is -3.24. The average molecular weight is 422 g/mol. The molecule has 2 aliphatic rings. The number of carbonyl (C=O) groups is 1. The summed E-state index contributed by atoms with van der Waals surface area (Å²) in [7, 11) is -3.24. The third-order valence-corrected chi connectivity index (χ3v) is 6.19. The number of hydrogen-bond acceptors (Lipinski definition) is 6. The number of hydrogen-bond donors (Lipinski definition) is 1. The molecule has 8 heteroatoms. The second-order valence-electron chi connectivity index (χ2n) is 8.23. The number of sulfone groups is 1. The van der Waals surface area contributed by atoms with E-state index >= 15 is 0 Å². The highest BCUT2D eigenvalue weighted by Crippen LogP contribution is 2.33. The fraction of sp³-hybridized carbons (Fsp3) is 0.667. The quantitative estimate of drug-likeness (QED) is 0.723. The van der Waals surface area contributed by atoms with Gasteiger partial charge in [-0.15, -0.1) is 0 Å². The van der Waals surface area contributed by atoms with E-state index in [4.69, 9.17) is 4.74 Å². The molecular formula is C21H31N3O4S. The first-order chi connectivity index (χ1) is 13.8. The highest BCUT2D eigenvalue weighted by molar-refractivity contribution is 7.93. The summed E-state index contributed by atoms with van der Waals surface area (Å²) in [5.74, 6) is 1.08. The van der Waals surface area contributed by atoms with Gasteiger partial charge in [-0.1, -0.05) is 25.3 Å². The number of ether oxygens (including phenoxy) is 1. The summed E-state index contributed by atoms with van der Waals surface area (Å²) in [6.45, 7) is 1.72. The van der Waals surface area contributed by atoms with Crippen LogP contribution in [0.1, 0.15) is 86.8 Å². The SMILES string of the molecule is CC(C=CS(C)(=O)=O)NC(=O)c1cnc(C2CCCC2)nc1OC1CCCCC1. The lowest BCUT2D eigenvalue weighted by atomic mass is 9.98. The van der Waals surface area contributed by atoms with Crippen LogP contribution in [0.5, 0.6) is 5.88 Å². The van der Waals surface area contributed by atoms with Crippen LogP contribution in [0, 0.1) is 0 Å². The van der Waals surface area contributed by atoms with Gasteiger partial charge in [0.25, 0.3) is 5.91 Å². The van der Waals surface area contributed by atoms with Crippen molar-refractivity contribution in [3.8, 4) is 5.88 Å². The molecule has 0 aliphatic heterocycles. The molecule has 2 saturated carbocycles. The number of nitrogens with zero attached hydrogens (tertiary/aromatic N) is 2. The van der Waals surface area contributed by atoms with Gasteiger partial charge in [-0.2, -0.15) is 4.98 Å². The molecule has 1 aromatic heterocycles. The van der Waals surface area contributed by atoms with Gasteiger partial charge in [-0.25, -0.2) is 13.4 Å². The van der Waals surface area contributed by atoms with Crippen LogP contribution >= 0.6 is 0 Å². The maximum atomic E-state index is 12.8. The van der Waals surface area contributed by atoms with E-state index in [0.717, 1.165) is 56.0 Å². The van der Waals surface area contributed by atoms with Gasteiger partial charge in [0.15, 0.2) is 9.84 Å². The lowest BCUT2D eigenvalue weighted by molar-refractivity contribution is 0.0931. The average Bonchev–Trinajstić information content (AvgIpc) is 3.21. The second kappa shape index (κ2) is 9.69. The van der Waals surface area contributed by atoms with Crippen LogP contribution in [-0.4, -0.2) is 42.7 Å². The lowest BCUT2D eigenvalue weighted by Crippen LogP contribution is -2.32. The molecule has 7 nitrogen and oxygen atoms in total. The largest absolute Gasteiger partial charge is 0.474 e. The summed E-state index contributed by atoms with van der Waals surface area (Å²) >= 11 is 0. The number of aromatic nitrogens is 2. The predicted octanol–water partition coefficient (Wildman–Crippen LogP) is 3.52. The Kier molecular flexibility index (Phi) is 7.27. The van der Waals surface area contributed by atoms with Crippen molar-refractivity contribution in [2.45, 2.75) is 82.8 Å². The maximum Gasteiger partial charge on any atom is 0.258 e. The van der Waals surface area contributed by atoms with Crippen LogP contribution in [0.4, 0.5) is 0 Å². The molecule has 1 atom stereocenters. The Bertz CT molecular complexity index is 841. The summed E-state index contributed by atoms with van der Waals surface area (Å²) in [5.41, 5.74) is 0.303. The lowest BCUT2D eigenvalue weighted by Gasteiger charge is -2.24. The van der Waals surface area contributed by atoms with Crippen molar-refractivity contribution in [2.24, 2.45) is 0 Å². The summed E-state index contributed by atoms with van der Waals surface area (Å²) in [6, 6.07) is -0.450. The van der Waals surface area contributed by atoms with Crippen molar-refractivity contribution in [1.82, 2.24) is 15.3 Å². The van der Waals surface area contributed by atoms with Crippen molar-refractivity contribution in [1.29, 1.82) is 0 Å². The first kappa shape index (κ1) is 21.7. The van der Waals surface area contributed by atoms with Gasteiger partial charge in [-0.05, 0) is 45.4 Å². The summed E-state index contributed by atoms with van der Waals surface area (Å²) in [4.78, 5) is 21.9. The van der Waals surface area contributed by atoms with E-state index in [1.165, 1.54) is 25.3 Å². The summed E-state index contributed by atoms with van der Waals surface area (Å²) in [6.07, 6.45) is 14.1. The maximum absolute atomic E-state index is 12.8. The van der Waals surface area contributed by atoms with Crippen molar-refractivity contribution in [2.75, 3.05) is 6.26 Å². The molecule has 0 saturated heterocycles. The Morgan fingerprint density at radius 3 is 2.48 bits per heavy atom. The van der Waals surface area contributed by atoms with Gasteiger partial charge in [0.2, 0.25) is 5.88 Å². The molecule has 160 valence electrons. The zero-order chi connectivity index (χ0) is 20.9. The highest BCUT2D eigenvalue weighted by atomic mass is 32.2. The molecule has 0 aromatic carbocycles.